The Bertz CT molecular complexity index is 658. The van der Waals surface area contributed by atoms with E-state index >= 15 is 0 Å². The minimum atomic E-state index is -0.179. The summed E-state index contributed by atoms with van der Waals surface area (Å²) in [7, 11) is 3.39. The lowest BCUT2D eigenvalue weighted by Gasteiger charge is -2.35. The third-order valence-corrected chi connectivity index (χ3v) is 5.36. The van der Waals surface area contributed by atoms with Crippen molar-refractivity contribution >= 4 is 17.7 Å². The number of amides is 3. The molecule has 2 bridgehead atoms. The third-order valence-electron chi connectivity index (χ3n) is 5.36. The Kier molecular flexibility index (Phi) is 5.58. The molecule has 0 aliphatic carbocycles. The highest BCUT2D eigenvalue weighted by Gasteiger charge is 2.42. The number of fused-ring (bicyclic) bond motifs is 4. The molecule has 3 amide bonds. The molecular formula is C18H27N5O3. The van der Waals surface area contributed by atoms with E-state index in [9.17, 15) is 14.4 Å². The molecule has 3 aliphatic heterocycles. The van der Waals surface area contributed by atoms with Crippen LogP contribution in [0, 0.1) is 5.92 Å². The molecule has 8 nitrogen and oxygen atoms in total. The largest absolute Gasteiger partial charge is 0.347 e. The Balaban J connectivity index is 1.58. The molecule has 2 atom stereocenters. The van der Waals surface area contributed by atoms with Crippen LogP contribution in [0.4, 0.5) is 0 Å². The summed E-state index contributed by atoms with van der Waals surface area (Å²) in [5.74, 6) is -0.144. The first kappa shape index (κ1) is 18.4. The Labute approximate surface area is 153 Å². The van der Waals surface area contributed by atoms with Crippen LogP contribution in [0.3, 0.4) is 0 Å². The third kappa shape index (κ3) is 4.05. The van der Waals surface area contributed by atoms with E-state index in [4.69, 9.17) is 0 Å². The van der Waals surface area contributed by atoms with Gasteiger partial charge in [0.05, 0.1) is 12.1 Å². The molecule has 4 rings (SSSR count). The number of aromatic amines is 1. The average Bonchev–Trinajstić information content (AvgIpc) is 2.97. The van der Waals surface area contributed by atoms with Gasteiger partial charge >= 0.3 is 0 Å². The average molecular weight is 361 g/mol. The minimum Gasteiger partial charge on any atom is -0.347 e. The van der Waals surface area contributed by atoms with Crippen molar-refractivity contribution in [1.29, 1.82) is 0 Å². The van der Waals surface area contributed by atoms with Gasteiger partial charge < -0.3 is 14.7 Å². The maximum atomic E-state index is 12.7. The standard InChI is InChI=1S/C18H27N5O3/c1-21(2)17(25)12-23-15-7-6-14(18(23)26)10-22(11-15)16(24)5-3-4-13-8-19-20-9-13/h8-9,14-15H,3-7,10-12H2,1-2H3,(H,19,20)/t14-,15+/m1/s1. The topological polar surface area (TPSA) is 89.6 Å². The zero-order valence-corrected chi connectivity index (χ0v) is 15.5. The molecule has 1 aromatic rings. The Morgan fingerprint density at radius 3 is 2.81 bits per heavy atom. The lowest BCUT2D eigenvalue weighted by Crippen LogP contribution is -2.51. The number of carbonyl (C=O) groups excluding carboxylic acids is 3. The lowest BCUT2D eigenvalue weighted by atomic mass is 9.94. The van der Waals surface area contributed by atoms with Crippen molar-refractivity contribution in [2.24, 2.45) is 5.92 Å². The highest BCUT2D eigenvalue weighted by Crippen LogP contribution is 2.29. The van der Waals surface area contributed by atoms with Crippen LogP contribution in [0.1, 0.15) is 31.2 Å². The van der Waals surface area contributed by atoms with Crippen molar-refractivity contribution in [1.82, 2.24) is 24.9 Å². The molecule has 3 saturated heterocycles. The molecule has 1 aromatic heterocycles. The highest BCUT2D eigenvalue weighted by molar-refractivity contribution is 5.87. The molecule has 0 aromatic carbocycles. The second-order valence-electron chi connectivity index (χ2n) is 7.44. The SMILES string of the molecule is CN(C)C(=O)CN1C(=O)[C@@H]2CC[C@H]1CN(C(=O)CCCc1cn[nH]c1)C2. The second-order valence-corrected chi connectivity index (χ2v) is 7.44. The van der Waals surface area contributed by atoms with Gasteiger partial charge in [0.25, 0.3) is 0 Å². The number of hydrogen-bond acceptors (Lipinski definition) is 4. The zero-order valence-electron chi connectivity index (χ0n) is 15.5. The van der Waals surface area contributed by atoms with E-state index in [0.717, 1.165) is 31.2 Å². The van der Waals surface area contributed by atoms with Crippen molar-refractivity contribution in [2.75, 3.05) is 33.7 Å². The van der Waals surface area contributed by atoms with Crippen molar-refractivity contribution in [3.8, 4) is 0 Å². The van der Waals surface area contributed by atoms with Crippen LogP contribution in [0.15, 0.2) is 12.4 Å². The van der Waals surface area contributed by atoms with Gasteiger partial charge in [-0.25, -0.2) is 0 Å². The van der Waals surface area contributed by atoms with Gasteiger partial charge in [-0.15, -0.1) is 0 Å². The predicted molar refractivity (Wildman–Crippen MR) is 95.0 cm³/mol. The number of aryl methyl sites for hydroxylation is 1. The van der Waals surface area contributed by atoms with Gasteiger partial charge in [0, 0.05) is 45.8 Å². The van der Waals surface area contributed by atoms with E-state index in [1.807, 2.05) is 11.1 Å². The smallest absolute Gasteiger partial charge is 0.241 e. The number of rotatable bonds is 6. The van der Waals surface area contributed by atoms with Gasteiger partial charge in [0.1, 0.15) is 6.54 Å². The number of carbonyl (C=O) groups is 3. The number of nitrogens with one attached hydrogen (secondary N) is 1. The Hall–Kier alpha value is -2.38. The number of H-pyrrole nitrogens is 1. The van der Waals surface area contributed by atoms with Crippen LogP contribution >= 0.6 is 0 Å². The maximum absolute atomic E-state index is 12.7. The van der Waals surface area contributed by atoms with E-state index < -0.39 is 0 Å². The van der Waals surface area contributed by atoms with Gasteiger partial charge in [0.15, 0.2) is 0 Å². The van der Waals surface area contributed by atoms with Crippen LogP contribution in [0.25, 0.3) is 0 Å². The summed E-state index contributed by atoms with van der Waals surface area (Å²) in [6.07, 6.45) is 7.32. The summed E-state index contributed by atoms with van der Waals surface area (Å²) >= 11 is 0. The fourth-order valence-electron chi connectivity index (χ4n) is 3.76. The Morgan fingerprint density at radius 1 is 1.31 bits per heavy atom. The monoisotopic (exact) mass is 361 g/mol. The molecule has 0 saturated carbocycles. The van der Waals surface area contributed by atoms with Crippen LogP contribution in [0.5, 0.6) is 0 Å². The van der Waals surface area contributed by atoms with Gasteiger partial charge in [-0.2, -0.15) is 5.10 Å². The van der Waals surface area contributed by atoms with Gasteiger partial charge in [-0.1, -0.05) is 0 Å². The Morgan fingerprint density at radius 2 is 2.12 bits per heavy atom. The number of nitrogens with zero attached hydrogens (tertiary/aromatic N) is 4. The minimum absolute atomic E-state index is 0.0187. The predicted octanol–water partition coefficient (Wildman–Crippen LogP) is 0.270. The van der Waals surface area contributed by atoms with Crippen LogP contribution in [-0.2, 0) is 20.8 Å². The highest BCUT2D eigenvalue weighted by atomic mass is 16.2. The van der Waals surface area contributed by atoms with Crippen molar-refractivity contribution in [3.05, 3.63) is 18.0 Å². The molecule has 1 N–H and O–H groups in total. The summed E-state index contributed by atoms with van der Waals surface area (Å²) < 4.78 is 0. The van der Waals surface area contributed by atoms with Crippen LogP contribution in [0.2, 0.25) is 0 Å². The van der Waals surface area contributed by atoms with Crippen LogP contribution < -0.4 is 0 Å². The molecule has 3 fully saturated rings. The van der Waals surface area contributed by atoms with Gasteiger partial charge in [-0.05, 0) is 31.2 Å². The van der Waals surface area contributed by atoms with Gasteiger partial charge in [-0.3, -0.25) is 19.5 Å². The molecule has 142 valence electrons. The van der Waals surface area contributed by atoms with Crippen molar-refractivity contribution in [2.45, 2.75) is 38.1 Å². The summed E-state index contributed by atoms with van der Waals surface area (Å²) in [5, 5.41) is 6.68. The summed E-state index contributed by atoms with van der Waals surface area (Å²) in [6, 6.07) is -0.0528. The number of likely N-dealkylation sites (N-methyl/N-ethyl adjacent to an activating group) is 1. The van der Waals surface area contributed by atoms with Crippen molar-refractivity contribution < 1.29 is 14.4 Å². The number of piperidine rings is 1. The molecular weight excluding hydrogens is 334 g/mol. The summed E-state index contributed by atoms with van der Waals surface area (Å²) in [4.78, 5) is 42.4. The van der Waals surface area contributed by atoms with E-state index in [1.54, 1.807) is 25.2 Å². The number of aromatic nitrogens is 2. The molecule has 0 unspecified atom stereocenters. The molecule has 26 heavy (non-hydrogen) atoms. The van der Waals surface area contributed by atoms with Crippen LogP contribution in [-0.4, -0.2) is 82.4 Å². The molecule has 8 heteroatoms. The first-order valence-electron chi connectivity index (χ1n) is 9.21. The second kappa shape index (κ2) is 7.88. The van der Waals surface area contributed by atoms with E-state index in [2.05, 4.69) is 10.2 Å². The normalized spacial score (nSPS) is 22.5. The molecule has 4 heterocycles. The lowest BCUT2D eigenvalue weighted by molar-refractivity contribution is -0.145. The first-order valence-corrected chi connectivity index (χ1v) is 9.21. The van der Waals surface area contributed by atoms with E-state index in [1.165, 1.54) is 4.90 Å². The summed E-state index contributed by atoms with van der Waals surface area (Å²) in [6.45, 7) is 1.12. The van der Waals surface area contributed by atoms with Gasteiger partial charge in [0.2, 0.25) is 17.7 Å². The first-order chi connectivity index (χ1) is 12.5. The zero-order chi connectivity index (χ0) is 18.7. The molecule has 3 aliphatic rings. The van der Waals surface area contributed by atoms with E-state index in [-0.39, 0.29) is 36.2 Å². The fraction of sp³-hybridized carbons (Fsp3) is 0.667. The molecule has 0 radical (unpaired) electrons. The quantitative estimate of drug-likeness (QED) is 0.788. The van der Waals surface area contributed by atoms with E-state index in [0.29, 0.717) is 19.5 Å². The maximum Gasteiger partial charge on any atom is 0.241 e. The van der Waals surface area contributed by atoms with Crippen molar-refractivity contribution in [3.63, 3.8) is 0 Å². The number of hydrogen-bond donors (Lipinski definition) is 1. The fourth-order valence-corrected chi connectivity index (χ4v) is 3.76. The molecule has 0 spiro atoms. The summed E-state index contributed by atoms with van der Waals surface area (Å²) in [5.41, 5.74) is 1.09.